The number of benzene rings is 2. The Hall–Kier alpha value is -2.50. The van der Waals surface area contributed by atoms with Crippen LogP contribution in [0.25, 0.3) is 0 Å². The maximum atomic E-state index is 13.0. The van der Waals surface area contributed by atoms with Crippen LogP contribution < -0.4 is 5.32 Å². The number of carboxylic acids is 1. The lowest BCUT2D eigenvalue weighted by Gasteiger charge is -2.08. The molecule has 0 heterocycles. The first-order valence-corrected chi connectivity index (χ1v) is 5.68. The molecule has 0 unspecified atom stereocenters. The number of nitrogens with one attached hydrogen (secondary N) is 1. The lowest BCUT2D eigenvalue weighted by molar-refractivity contribution is 0.0697. The van der Waals surface area contributed by atoms with E-state index >= 15 is 0 Å². The van der Waals surface area contributed by atoms with Gasteiger partial charge >= 0.3 is 5.97 Å². The topological polar surface area (TPSA) is 49.3 Å². The Bertz CT molecular complexity index is 636. The second kappa shape index (κ2) is 5.64. The van der Waals surface area contributed by atoms with Gasteiger partial charge in [-0.2, -0.15) is 0 Å². The fourth-order valence-electron chi connectivity index (χ4n) is 1.68. The van der Waals surface area contributed by atoms with E-state index in [0.29, 0.717) is 5.69 Å². The summed E-state index contributed by atoms with van der Waals surface area (Å²) in [7, 11) is 0. The molecule has 104 valence electrons. The lowest BCUT2D eigenvalue weighted by atomic mass is 10.1. The predicted molar refractivity (Wildman–Crippen MR) is 67.0 cm³/mol. The molecule has 0 fully saturated rings. The number of anilines is 1. The molecule has 0 spiro atoms. The average molecular weight is 281 g/mol. The van der Waals surface area contributed by atoms with E-state index in [1.807, 2.05) is 0 Å². The number of hydrogen-bond donors (Lipinski definition) is 2. The summed E-state index contributed by atoms with van der Waals surface area (Å²) in [5.74, 6) is -5.11. The van der Waals surface area contributed by atoms with E-state index in [0.717, 1.165) is 12.1 Å². The van der Waals surface area contributed by atoms with Crippen molar-refractivity contribution in [2.75, 3.05) is 5.32 Å². The standard InChI is InChI=1S/C14H10F3NO2/c15-11-4-8(5-12(16)13(11)17)7-18-10-3-1-2-9(6-10)14(19)20/h1-6,18H,7H2,(H,19,20). The first kappa shape index (κ1) is 13.9. The van der Waals surface area contributed by atoms with E-state index in [1.54, 1.807) is 6.07 Å². The Kier molecular flexibility index (Phi) is 3.93. The Balaban J connectivity index is 2.13. The summed E-state index contributed by atoms with van der Waals surface area (Å²) >= 11 is 0. The third-order valence-corrected chi connectivity index (χ3v) is 2.65. The third kappa shape index (κ3) is 3.09. The zero-order valence-electron chi connectivity index (χ0n) is 10.2. The monoisotopic (exact) mass is 281 g/mol. The maximum absolute atomic E-state index is 13.0. The van der Waals surface area contributed by atoms with Gasteiger partial charge in [-0.15, -0.1) is 0 Å². The van der Waals surface area contributed by atoms with Gasteiger partial charge in [0.25, 0.3) is 0 Å². The molecule has 20 heavy (non-hydrogen) atoms. The molecule has 2 N–H and O–H groups in total. The van der Waals surface area contributed by atoms with Gasteiger partial charge in [-0.05, 0) is 35.9 Å². The van der Waals surface area contributed by atoms with E-state index in [1.165, 1.54) is 18.2 Å². The summed E-state index contributed by atoms with van der Waals surface area (Å²) in [6.07, 6.45) is 0. The molecule has 0 aliphatic carbocycles. The summed E-state index contributed by atoms with van der Waals surface area (Å²) in [5.41, 5.74) is 0.781. The molecular weight excluding hydrogens is 271 g/mol. The van der Waals surface area contributed by atoms with Gasteiger partial charge in [0, 0.05) is 12.2 Å². The number of carboxylic acid groups (broad SMARTS) is 1. The highest BCUT2D eigenvalue weighted by Gasteiger charge is 2.10. The summed E-state index contributed by atoms with van der Waals surface area (Å²) in [5, 5.41) is 11.6. The molecule has 0 aliphatic rings. The molecule has 0 bridgehead atoms. The second-order valence-corrected chi connectivity index (χ2v) is 4.11. The molecule has 2 aromatic rings. The van der Waals surface area contributed by atoms with Gasteiger partial charge in [-0.3, -0.25) is 0 Å². The molecule has 0 radical (unpaired) electrons. The molecule has 0 amide bonds. The molecule has 3 nitrogen and oxygen atoms in total. The van der Waals surface area contributed by atoms with Gasteiger partial charge in [-0.1, -0.05) is 6.07 Å². The van der Waals surface area contributed by atoms with Crippen molar-refractivity contribution in [3.05, 3.63) is 65.0 Å². The molecule has 0 atom stereocenters. The van der Waals surface area contributed by atoms with E-state index in [4.69, 9.17) is 5.11 Å². The van der Waals surface area contributed by atoms with Crippen LogP contribution in [0.15, 0.2) is 36.4 Å². The van der Waals surface area contributed by atoms with Crippen molar-refractivity contribution in [2.45, 2.75) is 6.54 Å². The normalized spacial score (nSPS) is 10.3. The van der Waals surface area contributed by atoms with Crippen LogP contribution in [0, 0.1) is 17.5 Å². The van der Waals surface area contributed by atoms with E-state index in [-0.39, 0.29) is 17.7 Å². The maximum Gasteiger partial charge on any atom is 0.335 e. The number of carbonyl (C=O) groups is 1. The molecule has 0 aromatic heterocycles. The molecule has 0 saturated carbocycles. The second-order valence-electron chi connectivity index (χ2n) is 4.11. The number of rotatable bonds is 4. The summed E-state index contributed by atoms with van der Waals surface area (Å²) in [6.45, 7) is 0.0389. The zero-order chi connectivity index (χ0) is 14.7. The summed E-state index contributed by atoms with van der Waals surface area (Å²) in [6, 6.07) is 7.72. The van der Waals surface area contributed by atoms with Crippen molar-refractivity contribution < 1.29 is 23.1 Å². The molecule has 0 aliphatic heterocycles. The summed E-state index contributed by atoms with van der Waals surface area (Å²) in [4.78, 5) is 10.8. The Morgan fingerprint density at radius 2 is 1.75 bits per heavy atom. The van der Waals surface area contributed by atoms with Crippen molar-refractivity contribution in [3.8, 4) is 0 Å². The molecule has 2 aromatic carbocycles. The van der Waals surface area contributed by atoms with Crippen LogP contribution in [0.2, 0.25) is 0 Å². The Labute approximate surface area is 112 Å². The number of hydrogen-bond acceptors (Lipinski definition) is 2. The molecular formula is C14H10F3NO2. The Morgan fingerprint density at radius 1 is 1.10 bits per heavy atom. The zero-order valence-corrected chi connectivity index (χ0v) is 10.2. The minimum Gasteiger partial charge on any atom is -0.478 e. The SMILES string of the molecule is O=C(O)c1cccc(NCc2cc(F)c(F)c(F)c2)c1. The van der Waals surface area contributed by atoms with Gasteiger partial charge in [0.15, 0.2) is 17.5 Å². The van der Waals surface area contributed by atoms with Crippen molar-refractivity contribution in [3.63, 3.8) is 0 Å². The van der Waals surface area contributed by atoms with Crippen LogP contribution in [-0.2, 0) is 6.54 Å². The van der Waals surface area contributed by atoms with Crippen LogP contribution in [0.1, 0.15) is 15.9 Å². The smallest absolute Gasteiger partial charge is 0.335 e. The van der Waals surface area contributed by atoms with Crippen molar-refractivity contribution in [2.24, 2.45) is 0 Å². The molecule has 2 rings (SSSR count). The Morgan fingerprint density at radius 3 is 2.35 bits per heavy atom. The molecule has 0 saturated heterocycles. The van der Waals surface area contributed by atoms with Crippen LogP contribution in [0.3, 0.4) is 0 Å². The van der Waals surface area contributed by atoms with E-state index in [2.05, 4.69) is 5.32 Å². The van der Waals surface area contributed by atoms with E-state index in [9.17, 15) is 18.0 Å². The lowest BCUT2D eigenvalue weighted by Crippen LogP contribution is -2.03. The minimum atomic E-state index is -1.51. The van der Waals surface area contributed by atoms with Crippen molar-refractivity contribution >= 4 is 11.7 Å². The quantitative estimate of drug-likeness (QED) is 0.844. The average Bonchev–Trinajstić information content (AvgIpc) is 2.42. The van der Waals surface area contributed by atoms with Crippen molar-refractivity contribution in [1.29, 1.82) is 0 Å². The fraction of sp³-hybridized carbons (Fsp3) is 0.0714. The largest absolute Gasteiger partial charge is 0.478 e. The number of halogens is 3. The highest BCUT2D eigenvalue weighted by Crippen LogP contribution is 2.16. The van der Waals surface area contributed by atoms with Crippen LogP contribution in [-0.4, -0.2) is 11.1 Å². The fourth-order valence-corrected chi connectivity index (χ4v) is 1.68. The highest BCUT2D eigenvalue weighted by atomic mass is 19.2. The van der Waals surface area contributed by atoms with Crippen LogP contribution in [0.5, 0.6) is 0 Å². The van der Waals surface area contributed by atoms with Gasteiger partial charge in [0.2, 0.25) is 0 Å². The van der Waals surface area contributed by atoms with Gasteiger partial charge < -0.3 is 10.4 Å². The van der Waals surface area contributed by atoms with Crippen LogP contribution >= 0.6 is 0 Å². The van der Waals surface area contributed by atoms with Gasteiger partial charge in [0.1, 0.15) is 0 Å². The highest BCUT2D eigenvalue weighted by molar-refractivity contribution is 5.88. The minimum absolute atomic E-state index is 0.0389. The summed E-state index contributed by atoms with van der Waals surface area (Å²) < 4.78 is 38.8. The third-order valence-electron chi connectivity index (χ3n) is 2.65. The van der Waals surface area contributed by atoms with Crippen LogP contribution in [0.4, 0.5) is 18.9 Å². The van der Waals surface area contributed by atoms with E-state index < -0.39 is 23.4 Å². The van der Waals surface area contributed by atoms with Crippen molar-refractivity contribution in [1.82, 2.24) is 0 Å². The molecule has 6 heteroatoms. The first-order valence-electron chi connectivity index (χ1n) is 5.68. The number of aromatic carboxylic acids is 1. The van der Waals surface area contributed by atoms with Gasteiger partial charge in [-0.25, -0.2) is 18.0 Å². The predicted octanol–water partition coefficient (Wildman–Crippen LogP) is 3.41. The first-order chi connectivity index (χ1) is 9.47. The van der Waals surface area contributed by atoms with Gasteiger partial charge in [0.05, 0.1) is 5.56 Å².